The van der Waals surface area contributed by atoms with Gasteiger partial charge in [0, 0.05) is 6.54 Å². The molecule has 6 nitrogen and oxygen atoms in total. The summed E-state index contributed by atoms with van der Waals surface area (Å²) in [6, 6.07) is 11.8. The van der Waals surface area contributed by atoms with Crippen LogP contribution in [0.25, 0.3) is 0 Å². The molecule has 0 saturated carbocycles. The molecule has 0 aliphatic heterocycles. The Balaban J connectivity index is 1.90. The number of benzene rings is 2. The molecule has 0 saturated heterocycles. The van der Waals surface area contributed by atoms with Gasteiger partial charge in [0.15, 0.2) is 24.1 Å². The van der Waals surface area contributed by atoms with E-state index in [9.17, 15) is 13.2 Å². The molecule has 0 spiro atoms. The summed E-state index contributed by atoms with van der Waals surface area (Å²) >= 11 is 0. The smallest absolute Gasteiger partial charge is 0.422 e. The number of hydrogen-bond donors (Lipinski definition) is 2. The number of hydrogen-bond acceptors (Lipinski definition) is 4. The van der Waals surface area contributed by atoms with E-state index in [1.54, 1.807) is 32.4 Å². The number of ether oxygens (including phenoxy) is 3. The quantitative estimate of drug-likeness (QED) is 0.528. The molecule has 2 rings (SSSR count). The number of aliphatic imine (C=N–C) groups is 1. The van der Waals surface area contributed by atoms with Gasteiger partial charge < -0.3 is 25.3 Å². The molecule has 9 heteroatoms. The van der Waals surface area contributed by atoms with Crippen LogP contribution in [0.2, 0.25) is 0 Å². The van der Waals surface area contributed by atoms with Gasteiger partial charge in [0.05, 0.1) is 20.8 Å². The lowest BCUT2D eigenvalue weighted by atomic mass is 10.2. The van der Waals surface area contributed by atoms with E-state index in [2.05, 4.69) is 10.3 Å². The van der Waals surface area contributed by atoms with Gasteiger partial charge in [0.2, 0.25) is 0 Å². The van der Waals surface area contributed by atoms with Gasteiger partial charge in [-0.25, -0.2) is 4.99 Å². The second-order valence-corrected chi connectivity index (χ2v) is 5.80. The van der Waals surface area contributed by atoms with Crippen molar-refractivity contribution in [3.63, 3.8) is 0 Å². The van der Waals surface area contributed by atoms with Crippen LogP contribution in [0.15, 0.2) is 47.5 Å². The van der Waals surface area contributed by atoms with Gasteiger partial charge in [-0.3, -0.25) is 0 Å². The third-order valence-electron chi connectivity index (χ3n) is 3.65. The molecule has 0 bridgehead atoms. The molecular weight excluding hydrogens is 375 g/mol. The van der Waals surface area contributed by atoms with Crippen molar-refractivity contribution in [2.45, 2.75) is 19.3 Å². The van der Waals surface area contributed by atoms with Gasteiger partial charge in [-0.05, 0) is 35.4 Å². The highest BCUT2D eigenvalue weighted by molar-refractivity contribution is 5.77. The summed E-state index contributed by atoms with van der Waals surface area (Å²) in [5, 5.41) is 2.97. The fourth-order valence-electron chi connectivity index (χ4n) is 2.31. The van der Waals surface area contributed by atoms with Crippen LogP contribution in [0.1, 0.15) is 11.1 Å². The number of halogens is 3. The Morgan fingerprint density at radius 2 is 1.79 bits per heavy atom. The van der Waals surface area contributed by atoms with Crippen molar-refractivity contribution in [3.05, 3.63) is 53.6 Å². The van der Waals surface area contributed by atoms with Crippen LogP contribution in [-0.2, 0) is 13.1 Å². The Hall–Kier alpha value is -3.10. The van der Waals surface area contributed by atoms with Gasteiger partial charge in [-0.2, -0.15) is 13.2 Å². The maximum absolute atomic E-state index is 12.2. The van der Waals surface area contributed by atoms with E-state index in [0.717, 1.165) is 5.56 Å². The Morgan fingerprint density at radius 3 is 2.46 bits per heavy atom. The number of rotatable bonds is 8. The molecule has 28 heavy (non-hydrogen) atoms. The van der Waals surface area contributed by atoms with E-state index >= 15 is 0 Å². The van der Waals surface area contributed by atoms with Crippen molar-refractivity contribution in [1.29, 1.82) is 0 Å². The zero-order chi connectivity index (χ0) is 20.6. The summed E-state index contributed by atoms with van der Waals surface area (Å²) in [5.41, 5.74) is 7.44. The number of nitrogens with two attached hydrogens (primary N) is 1. The van der Waals surface area contributed by atoms with Crippen LogP contribution in [-0.4, -0.2) is 33.0 Å². The average molecular weight is 397 g/mol. The van der Waals surface area contributed by atoms with E-state index in [1.807, 2.05) is 12.1 Å². The molecule has 0 aliphatic carbocycles. The molecule has 0 atom stereocenters. The number of alkyl halides is 3. The molecule has 3 N–H and O–H groups in total. The molecule has 2 aromatic carbocycles. The first-order valence-corrected chi connectivity index (χ1v) is 8.34. The third-order valence-corrected chi connectivity index (χ3v) is 3.65. The number of guanidine groups is 1. The molecule has 0 heterocycles. The topological polar surface area (TPSA) is 78.1 Å². The van der Waals surface area contributed by atoms with Gasteiger partial charge in [-0.15, -0.1) is 0 Å². The lowest BCUT2D eigenvalue weighted by Gasteiger charge is -2.11. The van der Waals surface area contributed by atoms with Crippen molar-refractivity contribution < 1.29 is 27.4 Å². The predicted octanol–water partition coefficient (Wildman–Crippen LogP) is 3.25. The lowest BCUT2D eigenvalue weighted by Crippen LogP contribution is -2.31. The maximum Gasteiger partial charge on any atom is 0.422 e. The van der Waals surface area contributed by atoms with Crippen molar-refractivity contribution in [1.82, 2.24) is 5.32 Å². The fourth-order valence-corrected chi connectivity index (χ4v) is 2.31. The molecule has 0 unspecified atom stereocenters. The molecule has 0 amide bonds. The Bertz CT molecular complexity index is 810. The van der Waals surface area contributed by atoms with Gasteiger partial charge in [0.25, 0.3) is 0 Å². The van der Waals surface area contributed by atoms with Crippen molar-refractivity contribution >= 4 is 5.96 Å². The zero-order valence-corrected chi connectivity index (χ0v) is 15.5. The first-order valence-electron chi connectivity index (χ1n) is 8.34. The van der Waals surface area contributed by atoms with E-state index in [-0.39, 0.29) is 18.3 Å². The maximum atomic E-state index is 12.2. The summed E-state index contributed by atoms with van der Waals surface area (Å²) in [7, 11) is 3.11. The molecule has 2 aromatic rings. The minimum atomic E-state index is -4.38. The van der Waals surface area contributed by atoms with Gasteiger partial charge >= 0.3 is 6.18 Å². The van der Waals surface area contributed by atoms with Crippen LogP contribution in [0.4, 0.5) is 13.2 Å². The highest BCUT2D eigenvalue weighted by Gasteiger charge is 2.28. The van der Waals surface area contributed by atoms with Crippen molar-refractivity contribution in [3.8, 4) is 17.2 Å². The second-order valence-electron chi connectivity index (χ2n) is 5.80. The van der Waals surface area contributed by atoms with E-state index in [1.165, 1.54) is 12.1 Å². The van der Waals surface area contributed by atoms with E-state index in [4.69, 9.17) is 19.9 Å². The first-order chi connectivity index (χ1) is 13.3. The highest BCUT2D eigenvalue weighted by Crippen LogP contribution is 2.27. The first kappa shape index (κ1) is 21.2. The van der Waals surface area contributed by atoms with Crippen LogP contribution in [0.5, 0.6) is 17.2 Å². The fraction of sp³-hybridized carbons (Fsp3) is 0.316. The third kappa shape index (κ3) is 6.90. The van der Waals surface area contributed by atoms with Crippen molar-refractivity contribution in [2.24, 2.45) is 10.7 Å². The average Bonchev–Trinajstić information content (AvgIpc) is 2.68. The van der Waals surface area contributed by atoms with Gasteiger partial charge in [-0.1, -0.05) is 18.2 Å². The summed E-state index contributed by atoms with van der Waals surface area (Å²) in [4.78, 5) is 4.19. The standard InChI is InChI=1S/C19H22F3N3O3/c1-26-16-7-6-14(9-17(16)27-2)11-25-18(23)24-10-13-4-3-5-15(8-13)28-12-19(20,21)22/h3-9H,10-12H2,1-2H3,(H3,23,24,25). The number of nitrogens with zero attached hydrogens (tertiary/aromatic N) is 1. The Kier molecular flexibility index (Phi) is 7.36. The van der Waals surface area contributed by atoms with E-state index in [0.29, 0.717) is 23.6 Å². The summed E-state index contributed by atoms with van der Waals surface area (Å²) in [6.45, 7) is -0.715. The number of methoxy groups -OCH3 is 2. The Labute approximate surface area is 161 Å². The molecule has 0 aliphatic rings. The summed E-state index contributed by atoms with van der Waals surface area (Å²) < 4.78 is 51.8. The van der Waals surface area contributed by atoms with E-state index < -0.39 is 12.8 Å². The predicted molar refractivity (Wildman–Crippen MR) is 99.7 cm³/mol. The second kappa shape index (κ2) is 9.72. The molecule has 0 radical (unpaired) electrons. The molecule has 0 aromatic heterocycles. The number of nitrogens with one attached hydrogen (secondary N) is 1. The summed E-state index contributed by atoms with van der Waals surface area (Å²) in [5.74, 6) is 1.56. The van der Waals surface area contributed by atoms with Crippen LogP contribution in [0, 0.1) is 0 Å². The largest absolute Gasteiger partial charge is 0.493 e. The molecule has 0 fully saturated rings. The highest BCUT2D eigenvalue weighted by atomic mass is 19.4. The normalized spacial score (nSPS) is 11.8. The molecular formula is C19H22F3N3O3. The van der Waals surface area contributed by atoms with Gasteiger partial charge in [0.1, 0.15) is 5.75 Å². The lowest BCUT2D eigenvalue weighted by molar-refractivity contribution is -0.153. The SMILES string of the molecule is COc1ccc(CNC(N)=NCc2cccc(OCC(F)(F)F)c2)cc1OC. The van der Waals surface area contributed by atoms with Crippen LogP contribution >= 0.6 is 0 Å². The Morgan fingerprint density at radius 1 is 1.04 bits per heavy atom. The van der Waals surface area contributed by atoms with Crippen LogP contribution in [0.3, 0.4) is 0 Å². The monoisotopic (exact) mass is 397 g/mol. The van der Waals surface area contributed by atoms with Crippen LogP contribution < -0.4 is 25.3 Å². The van der Waals surface area contributed by atoms with Crippen molar-refractivity contribution in [2.75, 3.05) is 20.8 Å². The zero-order valence-electron chi connectivity index (χ0n) is 15.5. The summed E-state index contributed by atoms with van der Waals surface area (Å²) in [6.07, 6.45) is -4.38. The molecule has 152 valence electrons. The minimum Gasteiger partial charge on any atom is -0.493 e. The minimum absolute atomic E-state index is 0.127.